The van der Waals surface area contributed by atoms with Crippen molar-refractivity contribution in [3.8, 4) is 0 Å². The Bertz CT molecular complexity index is 626. The molecule has 1 heterocycles. The van der Waals surface area contributed by atoms with Crippen molar-refractivity contribution < 1.29 is 31.3 Å². The predicted molar refractivity (Wildman–Crippen MR) is 86.2 cm³/mol. The van der Waals surface area contributed by atoms with E-state index in [1.807, 2.05) is 30.7 Å². The zero-order chi connectivity index (χ0) is 15.0. The molecule has 1 aliphatic rings. The maximum Gasteiger partial charge on any atom is 0 e. The number of hydrogen-bond donors (Lipinski definition) is 1. The van der Waals surface area contributed by atoms with E-state index in [2.05, 4.69) is 12.0 Å². The molecule has 4 radical (unpaired) electrons. The minimum absolute atomic E-state index is 0. The molecule has 0 atom stereocenters. The molecule has 3 rings (SSSR count). The Morgan fingerprint density at radius 3 is 1.95 bits per heavy atom. The molecule has 0 spiro atoms. The van der Waals surface area contributed by atoms with Crippen LogP contribution in [-0.2, 0) is 21.7 Å². The number of fused-ring (bicyclic) bond motifs is 1. The fourth-order valence-corrected chi connectivity index (χ4v) is 1.43. The molecule has 0 bridgehead atoms. The first-order valence-corrected chi connectivity index (χ1v) is 5.95. The van der Waals surface area contributed by atoms with E-state index in [9.17, 15) is 10.4 Å². The quantitative estimate of drug-likeness (QED) is 0.363. The van der Waals surface area contributed by atoms with Crippen molar-refractivity contribution in [2.45, 2.75) is 6.92 Å². The number of aromatic nitrogens is 3. The monoisotopic (exact) mass is 442 g/mol. The Morgan fingerprint density at radius 1 is 1.00 bits per heavy atom. The van der Waals surface area contributed by atoms with Gasteiger partial charge in [-0.1, -0.05) is 50.3 Å². The van der Waals surface area contributed by atoms with Crippen molar-refractivity contribution in [2.75, 3.05) is 5.73 Å². The molecule has 114 valence electrons. The molecule has 1 aromatic heterocycles. The first-order chi connectivity index (χ1) is 9.70. The van der Waals surface area contributed by atoms with Gasteiger partial charge >= 0.3 is 29.9 Å². The van der Waals surface area contributed by atoms with Gasteiger partial charge in [0.1, 0.15) is 0 Å². The number of nitrogens with zero attached hydrogens (tertiary/aromatic N) is 3. The van der Waals surface area contributed by atoms with E-state index in [1.165, 1.54) is 12.1 Å². The fraction of sp³-hybridized carbons (Fsp3) is 0.0714. The van der Waals surface area contributed by atoms with Crippen LogP contribution >= 0.6 is 0 Å². The Morgan fingerprint density at radius 2 is 1.50 bits per heavy atom. The Labute approximate surface area is 161 Å². The predicted octanol–water partition coefficient (Wildman–Crippen LogP) is 0.322. The summed E-state index contributed by atoms with van der Waals surface area (Å²) in [5.41, 5.74) is 5.62. The van der Waals surface area contributed by atoms with Crippen molar-refractivity contribution >= 4 is 40.9 Å². The summed E-state index contributed by atoms with van der Waals surface area (Å²) in [6.07, 6.45) is 10.0. The molecule has 0 fully saturated rings. The molecule has 0 saturated heterocycles. The van der Waals surface area contributed by atoms with Gasteiger partial charge in [0.25, 0.3) is 5.52 Å². The molecular weight excluding hydrogens is 423 g/mol. The van der Waals surface area contributed by atoms with Crippen molar-refractivity contribution in [1.29, 1.82) is 0 Å². The van der Waals surface area contributed by atoms with Gasteiger partial charge in [-0.25, -0.2) is 4.73 Å². The Hall–Kier alpha value is -1.12. The van der Waals surface area contributed by atoms with Gasteiger partial charge in [-0.2, -0.15) is 0 Å². The van der Waals surface area contributed by atoms with Gasteiger partial charge in [-0.3, -0.25) is 5.73 Å². The molecular formula is C14H18N4O2SnTi. The first kappa shape index (κ1) is 23.2. The van der Waals surface area contributed by atoms with Crippen molar-refractivity contribution in [3.05, 3.63) is 72.3 Å². The van der Waals surface area contributed by atoms with E-state index in [-0.39, 0.29) is 62.6 Å². The second-order valence-corrected chi connectivity index (χ2v) is 3.48. The van der Waals surface area contributed by atoms with E-state index in [1.54, 1.807) is 19.1 Å². The second-order valence-electron chi connectivity index (χ2n) is 3.48. The minimum Gasteiger partial charge on any atom is 0 e. The van der Waals surface area contributed by atoms with Gasteiger partial charge in [0.05, 0.1) is 0 Å². The summed E-state index contributed by atoms with van der Waals surface area (Å²) < 4.78 is 0.420. The molecule has 0 amide bonds. The summed E-state index contributed by atoms with van der Waals surface area (Å²) >= 11 is 0. The number of para-hydroxylation sites is 2. The number of benzene rings is 1. The average molecular weight is 441 g/mol. The number of hydrogen-bond acceptors (Lipinski definition) is 4. The van der Waals surface area contributed by atoms with E-state index in [4.69, 9.17) is 5.73 Å². The topological polar surface area (TPSA) is 92.8 Å². The number of nitrogens with two attached hydrogens (primary N) is 1. The number of anilines is 1. The standard InChI is InChI=1S/C7H6N4O2.C5H5.C2H5.Sn.Ti.2H/c8-7-9-11(13)6-4-2-1-3-5(6)10(7)12;1-2-4-5-3-1;1-2;;;;/h1-4H,(H2,8,9);1-5H;1H2,2H3;;;;. The summed E-state index contributed by atoms with van der Waals surface area (Å²) in [6, 6.07) is 6.31. The zero-order valence-electron chi connectivity index (χ0n) is 12.3. The maximum atomic E-state index is 11.3. The summed E-state index contributed by atoms with van der Waals surface area (Å²) in [7, 11) is 0. The van der Waals surface area contributed by atoms with E-state index < -0.39 is 0 Å². The molecule has 8 heteroatoms. The Balaban J connectivity index is 0. The van der Waals surface area contributed by atoms with Crippen LogP contribution in [0.1, 0.15) is 6.92 Å². The minimum atomic E-state index is -0.353. The van der Waals surface area contributed by atoms with Crippen LogP contribution in [0, 0.1) is 23.8 Å². The molecule has 1 aliphatic carbocycles. The Kier molecular flexibility index (Phi) is 13.1. The van der Waals surface area contributed by atoms with Crippen LogP contribution in [0.2, 0.25) is 0 Å². The molecule has 1 aromatic carbocycles. The smallest absolute Gasteiger partial charge is 0 e. The van der Waals surface area contributed by atoms with Gasteiger partial charge in [0, 0.05) is 39.1 Å². The third-order valence-electron chi connectivity index (χ3n) is 2.26. The van der Waals surface area contributed by atoms with Crippen LogP contribution in [-0.4, -0.2) is 29.0 Å². The third kappa shape index (κ3) is 6.33. The van der Waals surface area contributed by atoms with Crippen molar-refractivity contribution in [2.24, 2.45) is 0 Å². The summed E-state index contributed by atoms with van der Waals surface area (Å²) in [5.74, 6) is -0.353. The van der Waals surface area contributed by atoms with Crippen LogP contribution in [0.4, 0.5) is 5.95 Å². The van der Waals surface area contributed by atoms with Gasteiger partial charge < -0.3 is 10.4 Å². The van der Waals surface area contributed by atoms with Gasteiger partial charge in [0.15, 0.2) is 5.52 Å². The van der Waals surface area contributed by atoms with E-state index >= 15 is 0 Å². The number of nitrogen functional groups attached to an aromatic ring is 1. The molecule has 0 aliphatic heterocycles. The molecule has 22 heavy (non-hydrogen) atoms. The summed E-state index contributed by atoms with van der Waals surface area (Å²) in [4.78, 5) is 0.332. The molecule has 2 N–H and O–H groups in total. The first-order valence-electron chi connectivity index (χ1n) is 5.95. The third-order valence-corrected chi connectivity index (χ3v) is 2.26. The SMILES string of the molecule is Nc1n[n+]([O-])c2ccccc2[n+]1[O-].[CH2]C.[CH]1C=CC=C1.[SnH2].[Ti]. The average Bonchev–Trinajstić information content (AvgIpc) is 3.07. The summed E-state index contributed by atoms with van der Waals surface area (Å²) in [5, 5.41) is 25.7. The fourth-order valence-electron chi connectivity index (χ4n) is 1.43. The van der Waals surface area contributed by atoms with Crippen LogP contribution in [0.5, 0.6) is 0 Å². The van der Waals surface area contributed by atoms with Crippen LogP contribution in [0.3, 0.4) is 0 Å². The van der Waals surface area contributed by atoms with E-state index in [0.717, 1.165) is 0 Å². The van der Waals surface area contributed by atoms with Crippen LogP contribution in [0.15, 0.2) is 48.6 Å². The van der Waals surface area contributed by atoms with Crippen LogP contribution < -0.4 is 15.3 Å². The maximum absolute atomic E-state index is 11.3. The molecule has 0 unspecified atom stereocenters. The van der Waals surface area contributed by atoms with Crippen molar-refractivity contribution in [1.82, 2.24) is 5.10 Å². The summed E-state index contributed by atoms with van der Waals surface area (Å²) in [6.45, 7) is 5.00. The molecule has 0 saturated carbocycles. The molecule has 6 nitrogen and oxygen atoms in total. The van der Waals surface area contributed by atoms with Crippen molar-refractivity contribution in [3.63, 3.8) is 0 Å². The second kappa shape index (κ2) is 12.4. The normalized spacial score (nSPS) is 10.5. The van der Waals surface area contributed by atoms with Gasteiger partial charge in [-0.15, -0.1) is 0 Å². The van der Waals surface area contributed by atoms with Crippen LogP contribution in [0.25, 0.3) is 11.0 Å². The van der Waals surface area contributed by atoms with Gasteiger partial charge in [-0.05, 0) is 6.07 Å². The number of allylic oxidation sites excluding steroid dienone is 4. The molecule has 2 aromatic rings. The largest absolute Gasteiger partial charge is 0 e. The van der Waals surface area contributed by atoms with Gasteiger partial charge in [0.2, 0.25) is 5.10 Å². The number of rotatable bonds is 0. The zero-order valence-corrected chi connectivity index (χ0v) is 17.9. The van der Waals surface area contributed by atoms with E-state index in [0.29, 0.717) is 9.58 Å².